The Kier molecular flexibility index (Phi) is 3.79. The molecule has 2 unspecified atom stereocenters. The van der Waals surface area contributed by atoms with Crippen molar-refractivity contribution in [1.29, 1.82) is 0 Å². The van der Waals surface area contributed by atoms with Gasteiger partial charge >= 0.3 is 0 Å². The topological polar surface area (TPSA) is 40.2 Å². The van der Waals surface area contributed by atoms with E-state index < -0.39 is 0 Å². The van der Waals surface area contributed by atoms with Crippen molar-refractivity contribution in [3.63, 3.8) is 0 Å². The summed E-state index contributed by atoms with van der Waals surface area (Å²) in [7, 11) is 3.12. The van der Waals surface area contributed by atoms with Gasteiger partial charge in [0.2, 0.25) is 0 Å². The van der Waals surface area contributed by atoms with Crippen LogP contribution in [0.2, 0.25) is 0 Å². The van der Waals surface area contributed by atoms with Gasteiger partial charge in [0.05, 0.1) is 13.2 Å². The first-order valence-electron chi connectivity index (χ1n) is 3.49. The molecule has 4 heteroatoms. The van der Waals surface area contributed by atoms with Crippen LogP contribution in [0.3, 0.4) is 0 Å². The third-order valence-electron chi connectivity index (χ3n) is 1.33. The van der Waals surface area contributed by atoms with Crippen LogP contribution >= 0.6 is 0 Å². The summed E-state index contributed by atoms with van der Waals surface area (Å²) in [6, 6.07) is 0. The molecular weight excluding hydrogens is 148 g/mol. The Morgan fingerprint density at radius 1 is 1.64 bits per heavy atom. The second kappa shape index (κ2) is 4.66. The maximum atomic E-state index is 5.23. The standard InChI is InChI=1S/C7H13O4/c1-8-5-7(9-2)11-4-6-3-10-6/h5-7H,3-4H2,1-2H3. The summed E-state index contributed by atoms with van der Waals surface area (Å²) in [5.41, 5.74) is 0. The second-order valence-corrected chi connectivity index (χ2v) is 2.26. The van der Waals surface area contributed by atoms with Gasteiger partial charge in [-0.25, -0.2) is 0 Å². The molecule has 65 valence electrons. The normalized spacial score (nSPS) is 25.1. The average Bonchev–Trinajstić information content (AvgIpc) is 2.81. The molecule has 1 rings (SSSR count). The molecule has 0 bridgehead atoms. The monoisotopic (exact) mass is 161 g/mol. The van der Waals surface area contributed by atoms with Gasteiger partial charge in [-0.3, -0.25) is 0 Å². The molecule has 4 nitrogen and oxygen atoms in total. The van der Waals surface area contributed by atoms with Gasteiger partial charge in [0.1, 0.15) is 12.7 Å². The summed E-state index contributed by atoms with van der Waals surface area (Å²) in [5, 5.41) is 0. The van der Waals surface area contributed by atoms with Crippen molar-refractivity contribution in [3.05, 3.63) is 6.61 Å². The number of epoxide rings is 1. The summed E-state index contributed by atoms with van der Waals surface area (Å²) in [5.74, 6) is 0. The van der Waals surface area contributed by atoms with Crippen molar-refractivity contribution >= 4 is 0 Å². The van der Waals surface area contributed by atoms with E-state index in [0.717, 1.165) is 6.61 Å². The minimum Gasteiger partial charge on any atom is -0.373 e. The van der Waals surface area contributed by atoms with E-state index in [4.69, 9.17) is 18.9 Å². The van der Waals surface area contributed by atoms with Crippen molar-refractivity contribution in [2.75, 3.05) is 27.4 Å². The number of methoxy groups -OCH3 is 2. The lowest BCUT2D eigenvalue weighted by Crippen LogP contribution is -2.19. The molecule has 1 aliphatic rings. The van der Waals surface area contributed by atoms with Crippen LogP contribution in [0.1, 0.15) is 0 Å². The molecule has 2 atom stereocenters. The summed E-state index contributed by atoms with van der Waals surface area (Å²) in [4.78, 5) is 0. The predicted octanol–water partition coefficient (Wildman–Crippen LogP) is 0.182. The van der Waals surface area contributed by atoms with Crippen LogP contribution in [0.4, 0.5) is 0 Å². The zero-order valence-electron chi connectivity index (χ0n) is 6.78. The van der Waals surface area contributed by atoms with Crippen LogP contribution in [0.25, 0.3) is 0 Å². The number of ether oxygens (including phenoxy) is 4. The van der Waals surface area contributed by atoms with Crippen molar-refractivity contribution in [1.82, 2.24) is 0 Å². The van der Waals surface area contributed by atoms with Gasteiger partial charge in [-0.15, -0.1) is 0 Å². The molecule has 1 heterocycles. The highest BCUT2D eigenvalue weighted by molar-refractivity contribution is 4.68. The van der Waals surface area contributed by atoms with Gasteiger partial charge in [-0.05, 0) is 0 Å². The lowest BCUT2D eigenvalue weighted by atomic mass is 10.5. The van der Waals surface area contributed by atoms with E-state index in [0.29, 0.717) is 6.61 Å². The quantitative estimate of drug-likeness (QED) is 0.411. The Balaban J connectivity index is 1.98. The number of hydrogen-bond acceptors (Lipinski definition) is 4. The van der Waals surface area contributed by atoms with Gasteiger partial charge in [0.15, 0.2) is 6.29 Å². The molecule has 1 radical (unpaired) electrons. The predicted molar refractivity (Wildman–Crippen MR) is 37.8 cm³/mol. The van der Waals surface area contributed by atoms with Crippen LogP contribution in [-0.4, -0.2) is 39.8 Å². The maximum absolute atomic E-state index is 5.23. The molecule has 0 amide bonds. The molecule has 0 N–H and O–H groups in total. The van der Waals surface area contributed by atoms with E-state index in [1.807, 2.05) is 0 Å². The molecule has 0 aliphatic carbocycles. The second-order valence-electron chi connectivity index (χ2n) is 2.26. The van der Waals surface area contributed by atoms with Gasteiger partial charge in [0, 0.05) is 14.2 Å². The fourth-order valence-electron chi connectivity index (χ4n) is 0.640. The SMILES string of the molecule is CO[CH]C(OC)OCC1CO1. The highest BCUT2D eigenvalue weighted by atomic mass is 16.7. The Morgan fingerprint density at radius 2 is 2.36 bits per heavy atom. The summed E-state index contributed by atoms with van der Waals surface area (Å²) in [6.45, 7) is 2.85. The average molecular weight is 161 g/mol. The lowest BCUT2D eigenvalue weighted by Gasteiger charge is -2.13. The summed E-state index contributed by atoms with van der Waals surface area (Å²) < 4.78 is 19.8. The largest absolute Gasteiger partial charge is 0.373 e. The van der Waals surface area contributed by atoms with E-state index in [-0.39, 0.29) is 12.4 Å². The zero-order valence-corrected chi connectivity index (χ0v) is 6.78. The van der Waals surface area contributed by atoms with Gasteiger partial charge < -0.3 is 18.9 Å². The maximum Gasteiger partial charge on any atom is 0.186 e. The number of rotatable bonds is 6. The molecule has 0 spiro atoms. The van der Waals surface area contributed by atoms with Crippen molar-refractivity contribution in [2.45, 2.75) is 12.4 Å². The van der Waals surface area contributed by atoms with Crippen molar-refractivity contribution in [3.8, 4) is 0 Å². The molecule has 0 saturated carbocycles. The highest BCUT2D eigenvalue weighted by Crippen LogP contribution is 2.10. The third-order valence-corrected chi connectivity index (χ3v) is 1.33. The Morgan fingerprint density at radius 3 is 2.82 bits per heavy atom. The molecular formula is C7H13O4. The Bertz CT molecular complexity index is 103. The van der Waals surface area contributed by atoms with Crippen molar-refractivity contribution < 1.29 is 18.9 Å². The molecule has 0 aromatic heterocycles. The van der Waals surface area contributed by atoms with Crippen LogP contribution in [-0.2, 0) is 18.9 Å². The van der Waals surface area contributed by atoms with Crippen LogP contribution in [0.15, 0.2) is 0 Å². The molecule has 0 aromatic carbocycles. The molecule has 1 saturated heterocycles. The van der Waals surface area contributed by atoms with Crippen molar-refractivity contribution in [2.24, 2.45) is 0 Å². The third kappa shape index (κ3) is 3.67. The van der Waals surface area contributed by atoms with Gasteiger partial charge in [0.25, 0.3) is 0 Å². The van der Waals surface area contributed by atoms with Gasteiger partial charge in [-0.1, -0.05) is 0 Å². The zero-order chi connectivity index (χ0) is 8.10. The molecule has 1 aliphatic heterocycles. The first-order valence-corrected chi connectivity index (χ1v) is 3.49. The van der Waals surface area contributed by atoms with E-state index in [2.05, 4.69) is 0 Å². The van der Waals surface area contributed by atoms with Gasteiger partial charge in [-0.2, -0.15) is 0 Å². The molecule has 1 fully saturated rings. The lowest BCUT2D eigenvalue weighted by molar-refractivity contribution is -0.128. The van der Waals surface area contributed by atoms with E-state index in [1.165, 1.54) is 6.61 Å². The molecule has 0 aromatic rings. The van der Waals surface area contributed by atoms with E-state index in [1.54, 1.807) is 14.2 Å². The van der Waals surface area contributed by atoms with Crippen LogP contribution < -0.4 is 0 Å². The summed E-state index contributed by atoms with van der Waals surface area (Å²) in [6.07, 6.45) is -0.123. The van der Waals surface area contributed by atoms with Crippen LogP contribution in [0, 0.1) is 6.61 Å². The Hall–Kier alpha value is -0.160. The molecule has 11 heavy (non-hydrogen) atoms. The fraction of sp³-hybridized carbons (Fsp3) is 0.857. The van der Waals surface area contributed by atoms with E-state index in [9.17, 15) is 0 Å². The first kappa shape index (κ1) is 8.93. The van der Waals surface area contributed by atoms with Crippen LogP contribution in [0.5, 0.6) is 0 Å². The highest BCUT2D eigenvalue weighted by Gasteiger charge is 2.24. The first-order chi connectivity index (χ1) is 5.36. The Labute approximate surface area is 66.4 Å². The minimum absolute atomic E-state index is 0.262. The van der Waals surface area contributed by atoms with E-state index >= 15 is 0 Å². The fourth-order valence-corrected chi connectivity index (χ4v) is 0.640. The number of hydrogen-bond donors (Lipinski definition) is 0. The summed E-state index contributed by atoms with van der Waals surface area (Å²) >= 11 is 0. The smallest absolute Gasteiger partial charge is 0.186 e. The minimum atomic E-state index is -0.385.